The highest BCUT2D eigenvalue weighted by atomic mass is 16.2. The number of benzene rings is 3. The van der Waals surface area contributed by atoms with Crippen molar-refractivity contribution in [2.24, 2.45) is 0 Å². The Morgan fingerprint density at radius 1 is 0.868 bits per heavy atom. The van der Waals surface area contributed by atoms with Crippen LogP contribution in [0.15, 0.2) is 91.3 Å². The number of fused-ring (bicyclic) bond motifs is 1. The van der Waals surface area contributed by atoms with Gasteiger partial charge in [0.25, 0.3) is 5.91 Å². The largest absolute Gasteiger partial charge is 0.338 e. The monoisotopic (exact) mass is 507 g/mol. The first-order chi connectivity index (χ1) is 18.7. The number of nitrogens with zero attached hydrogens (tertiary/aromatic N) is 4. The summed E-state index contributed by atoms with van der Waals surface area (Å²) in [5.41, 5.74) is 11.0. The van der Waals surface area contributed by atoms with Crippen LogP contribution >= 0.6 is 0 Å². The normalized spacial score (nSPS) is 16.7. The first-order valence-corrected chi connectivity index (χ1v) is 12.8. The highest BCUT2D eigenvalue weighted by Gasteiger charge is 2.34. The molecule has 3 amide bonds. The van der Waals surface area contributed by atoms with Gasteiger partial charge in [0.1, 0.15) is 0 Å². The maximum Gasteiger partial charge on any atom is 0.324 e. The van der Waals surface area contributed by atoms with Crippen molar-refractivity contribution in [3.05, 3.63) is 102 Å². The molecule has 6 rings (SSSR count). The van der Waals surface area contributed by atoms with E-state index >= 15 is 0 Å². The van der Waals surface area contributed by atoms with Crippen LogP contribution in [0.1, 0.15) is 28.3 Å². The van der Waals surface area contributed by atoms with Gasteiger partial charge in [-0.15, -0.1) is 0 Å². The Kier molecular flexibility index (Phi) is 6.39. The fourth-order valence-corrected chi connectivity index (χ4v) is 5.20. The van der Waals surface area contributed by atoms with Crippen LogP contribution in [0.2, 0.25) is 0 Å². The minimum Gasteiger partial charge on any atom is -0.338 e. The first kappa shape index (κ1) is 23.6. The number of hydrogen-bond acceptors (Lipinski definition) is 5. The third-order valence-electron chi connectivity index (χ3n) is 7.23. The summed E-state index contributed by atoms with van der Waals surface area (Å²) in [6, 6.07) is 25.0. The van der Waals surface area contributed by atoms with E-state index in [-0.39, 0.29) is 11.9 Å². The van der Waals surface area contributed by atoms with Crippen LogP contribution in [0.5, 0.6) is 0 Å². The van der Waals surface area contributed by atoms with Crippen molar-refractivity contribution in [2.45, 2.75) is 12.3 Å². The summed E-state index contributed by atoms with van der Waals surface area (Å²) in [6.07, 6.45) is 4.70. The Morgan fingerprint density at radius 2 is 1.63 bits per heavy atom. The molecule has 1 fully saturated rings. The van der Waals surface area contributed by atoms with Crippen molar-refractivity contribution >= 4 is 34.7 Å². The number of aromatic amines is 1. The Morgan fingerprint density at radius 3 is 2.39 bits per heavy atom. The molecule has 0 bridgehead atoms. The molecular weight excluding hydrogens is 478 g/mol. The average molecular weight is 508 g/mol. The lowest BCUT2D eigenvalue weighted by Crippen LogP contribution is -2.48. The zero-order chi connectivity index (χ0) is 25.9. The van der Waals surface area contributed by atoms with Gasteiger partial charge in [-0.3, -0.25) is 25.6 Å². The number of carbonyl (C=O) groups is 2. The number of hydrazine groups is 1. The molecule has 38 heavy (non-hydrogen) atoms. The van der Waals surface area contributed by atoms with E-state index in [1.807, 2.05) is 101 Å². The predicted octanol–water partition coefficient (Wildman–Crippen LogP) is 4.73. The molecule has 2 aliphatic heterocycles. The van der Waals surface area contributed by atoms with Crippen molar-refractivity contribution in [2.75, 3.05) is 41.4 Å². The lowest BCUT2D eigenvalue weighted by Gasteiger charge is -2.39. The Hall–Kier alpha value is -4.79. The summed E-state index contributed by atoms with van der Waals surface area (Å²) < 4.78 is 0. The van der Waals surface area contributed by atoms with Gasteiger partial charge in [0.15, 0.2) is 0 Å². The number of urea groups is 1. The zero-order valence-corrected chi connectivity index (χ0v) is 20.9. The maximum absolute atomic E-state index is 13.6. The number of aromatic nitrogens is 2. The van der Waals surface area contributed by atoms with Crippen molar-refractivity contribution in [1.29, 1.82) is 0 Å². The molecule has 2 aliphatic rings. The average Bonchev–Trinajstić information content (AvgIpc) is 3.69. The number of amides is 3. The molecule has 0 saturated carbocycles. The standard InChI is InChI=1S/C29H29N7O2/c37-28(33-32-24-6-2-1-3-7-24)21-10-12-25(13-11-21)35-16-17-36(27-9-5-4-8-26(27)35)29(38)34-15-14-22(20-34)23-18-30-31-19-23/h1-13,18-19,22,32H,14-17,20H2,(H,30,31)(H,33,37). The third kappa shape index (κ3) is 4.66. The van der Waals surface area contributed by atoms with E-state index in [9.17, 15) is 9.59 Å². The smallest absolute Gasteiger partial charge is 0.324 e. The molecule has 1 atom stereocenters. The topological polar surface area (TPSA) is 96.6 Å². The molecule has 4 aromatic rings. The van der Waals surface area contributed by atoms with Crippen LogP contribution in [0.3, 0.4) is 0 Å². The lowest BCUT2D eigenvalue weighted by molar-refractivity contribution is 0.0962. The summed E-state index contributed by atoms with van der Waals surface area (Å²) in [6.45, 7) is 2.66. The van der Waals surface area contributed by atoms with E-state index in [2.05, 4.69) is 25.9 Å². The van der Waals surface area contributed by atoms with E-state index in [1.54, 1.807) is 0 Å². The maximum atomic E-state index is 13.6. The second-order valence-electron chi connectivity index (χ2n) is 9.53. The van der Waals surface area contributed by atoms with Crippen LogP contribution in [-0.2, 0) is 0 Å². The van der Waals surface area contributed by atoms with Gasteiger partial charge in [0.2, 0.25) is 0 Å². The van der Waals surface area contributed by atoms with Crippen LogP contribution in [0.25, 0.3) is 0 Å². The number of H-pyrrole nitrogens is 1. The molecule has 1 saturated heterocycles. The highest BCUT2D eigenvalue weighted by molar-refractivity contribution is 5.98. The number of likely N-dealkylation sites (tertiary alicyclic amines) is 1. The van der Waals surface area contributed by atoms with Gasteiger partial charge in [-0.1, -0.05) is 30.3 Å². The van der Waals surface area contributed by atoms with Gasteiger partial charge in [0.05, 0.1) is 23.3 Å². The van der Waals surface area contributed by atoms with Crippen LogP contribution in [0, 0.1) is 0 Å². The molecule has 3 N–H and O–H groups in total. The van der Waals surface area contributed by atoms with Gasteiger partial charge < -0.3 is 9.80 Å². The number of nitrogens with one attached hydrogen (secondary N) is 3. The number of hydrogen-bond donors (Lipinski definition) is 3. The quantitative estimate of drug-likeness (QED) is 0.339. The van der Waals surface area contributed by atoms with Gasteiger partial charge >= 0.3 is 6.03 Å². The molecule has 3 aromatic carbocycles. The van der Waals surface area contributed by atoms with E-state index in [1.165, 1.54) is 0 Å². The van der Waals surface area contributed by atoms with Gasteiger partial charge in [-0.25, -0.2) is 4.79 Å². The summed E-state index contributed by atoms with van der Waals surface area (Å²) in [5.74, 6) is 0.100. The van der Waals surface area contributed by atoms with Gasteiger partial charge in [-0.05, 0) is 60.5 Å². The number of rotatable bonds is 5. The van der Waals surface area contributed by atoms with Crippen molar-refractivity contribution < 1.29 is 9.59 Å². The predicted molar refractivity (Wildman–Crippen MR) is 148 cm³/mol. The van der Waals surface area contributed by atoms with E-state index in [4.69, 9.17) is 0 Å². The summed E-state index contributed by atoms with van der Waals surface area (Å²) in [4.78, 5) is 32.2. The Bertz CT molecular complexity index is 1410. The molecule has 0 aliphatic carbocycles. The lowest BCUT2D eigenvalue weighted by atomic mass is 10.0. The van der Waals surface area contributed by atoms with Crippen LogP contribution in [0.4, 0.5) is 27.5 Å². The summed E-state index contributed by atoms with van der Waals surface area (Å²) >= 11 is 0. The first-order valence-electron chi connectivity index (χ1n) is 12.8. The summed E-state index contributed by atoms with van der Waals surface area (Å²) in [5, 5.41) is 6.94. The Balaban J connectivity index is 1.15. The van der Waals surface area contributed by atoms with Crippen LogP contribution in [-0.4, -0.2) is 53.2 Å². The minimum atomic E-state index is -0.212. The van der Waals surface area contributed by atoms with E-state index in [0.717, 1.165) is 41.3 Å². The van der Waals surface area contributed by atoms with E-state index in [0.29, 0.717) is 31.1 Å². The fraction of sp³-hybridized carbons (Fsp3) is 0.207. The van der Waals surface area contributed by atoms with Gasteiger partial charge in [0, 0.05) is 49.5 Å². The molecule has 1 aromatic heterocycles. The number of carbonyl (C=O) groups excluding carboxylic acids is 2. The van der Waals surface area contributed by atoms with Crippen LogP contribution < -0.4 is 20.7 Å². The number of para-hydroxylation sites is 3. The molecule has 0 radical (unpaired) electrons. The molecule has 9 heteroatoms. The molecular formula is C29H29N7O2. The van der Waals surface area contributed by atoms with Gasteiger partial charge in [-0.2, -0.15) is 5.10 Å². The second-order valence-corrected chi connectivity index (χ2v) is 9.53. The Labute approximate surface area is 221 Å². The number of anilines is 4. The molecule has 1 unspecified atom stereocenters. The van der Waals surface area contributed by atoms with Crippen molar-refractivity contribution in [3.8, 4) is 0 Å². The van der Waals surface area contributed by atoms with Crippen molar-refractivity contribution in [1.82, 2.24) is 20.5 Å². The second kappa shape index (κ2) is 10.3. The molecule has 9 nitrogen and oxygen atoms in total. The zero-order valence-electron chi connectivity index (χ0n) is 20.9. The van der Waals surface area contributed by atoms with E-state index < -0.39 is 0 Å². The summed E-state index contributed by atoms with van der Waals surface area (Å²) in [7, 11) is 0. The molecule has 192 valence electrons. The SMILES string of the molecule is O=C(NNc1ccccc1)c1ccc(N2CCN(C(=O)N3CCC(c4cn[nH]c4)C3)c3ccccc32)cc1. The van der Waals surface area contributed by atoms with Crippen molar-refractivity contribution in [3.63, 3.8) is 0 Å². The molecule has 0 spiro atoms. The fourth-order valence-electron chi connectivity index (χ4n) is 5.20. The molecule has 3 heterocycles. The third-order valence-corrected chi connectivity index (χ3v) is 7.23. The highest BCUT2D eigenvalue weighted by Crippen LogP contribution is 2.39. The minimum absolute atomic E-state index is 0.0426.